The maximum Gasteiger partial charge on any atom is 0.279 e. The lowest BCUT2D eigenvalue weighted by Gasteiger charge is -2.33. The van der Waals surface area contributed by atoms with Gasteiger partial charge in [0.25, 0.3) is 5.89 Å². The van der Waals surface area contributed by atoms with Gasteiger partial charge in [-0.3, -0.25) is 0 Å². The first kappa shape index (κ1) is 11.7. The van der Waals surface area contributed by atoms with E-state index in [2.05, 4.69) is 26.7 Å². The molecule has 3 rings (SSSR count). The molecule has 0 aliphatic heterocycles. The molecule has 7 heteroatoms. The summed E-state index contributed by atoms with van der Waals surface area (Å²) in [6.07, 6.45) is 4.03. The van der Waals surface area contributed by atoms with Crippen LogP contribution in [0.4, 0.5) is 0 Å². The summed E-state index contributed by atoms with van der Waals surface area (Å²) in [4.78, 5) is 4.37. The third kappa shape index (κ3) is 2.04. The van der Waals surface area contributed by atoms with Gasteiger partial charge in [-0.15, -0.1) is 5.10 Å². The molecule has 6 nitrogen and oxygen atoms in total. The highest BCUT2D eigenvalue weighted by Gasteiger charge is 2.36. The summed E-state index contributed by atoms with van der Waals surface area (Å²) in [7, 11) is 0. The van der Waals surface area contributed by atoms with Gasteiger partial charge in [0.1, 0.15) is 0 Å². The highest BCUT2D eigenvalue weighted by atomic mass is 32.1. The molecule has 0 unspecified atom stereocenters. The van der Waals surface area contributed by atoms with E-state index < -0.39 is 5.54 Å². The van der Waals surface area contributed by atoms with E-state index in [-0.39, 0.29) is 0 Å². The van der Waals surface area contributed by atoms with E-state index in [1.165, 1.54) is 11.5 Å². The fraction of sp³-hybridized carbons (Fsp3) is 0.636. The average Bonchev–Trinajstić information content (AvgIpc) is 3.01. The predicted molar refractivity (Wildman–Crippen MR) is 66.7 cm³/mol. The molecule has 1 fully saturated rings. The first-order chi connectivity index (χ1) is 8.67. The van der Waals surface area contributed by atoms with Gasteiger partial charge in [0.2, 0.25) is 0 Å². The second-order valence-corrected chi connectivity index (χ2v) is 5.66. The van der Waals surface area contributed by atoms with Crippen molar-refractivity contribution in [3.63, 3.8) is 0 Å². The van der Waals surface area contributed by atoms with Gasteiger partial charge in [0, 0.05) is 5.38 Å². The quantitative estimate of drug-likeness (QED) is 0.892. The van der Waals surface area contributed by atoms with Crippen molar-refractivity contribution in [1.29, 1.82) is 0 Å². The summed E-state index contributed by atoms with van der Waals surface area (Å²) in [5.41, 5.74) is 6.56. The summed E-state index contributed by atoms with van der Waals surface area (Å²) in [5, 5.41) is 9.71. The molecule has 1 saturated carbocycles. The molecule has 0 spiro atoms. The third-order valence-corrected chi connectivity index (χ3v) is 4.12. The highest BCUT2D eigenvalue weighted by Crippen LogP contribution is 2.36. The third-order valence-electron chi connectivity index (χ3n) is 3.62. The SMILES string of the molecule is CC1CCC(N)(c2noc(-c3csnn3)n2)CC1. The van der Waals surface area contributed by atoms with Gasteiger partial charge in [-0.2, -0.15) is 4.98 Å². The van der Waals surface area contributed by atoms with Crippen molar-refractivity contribution < 1.29 is 4.52 Å². The molecule has 2 N–H and O–H groups in total. The van der Waals surface area contributed by atoms with Gasteiger partial charge in [-0.1, -0.05) is 16.6 Å². The Morgan fingerprint density at radius 3 is 2.89 bits per heavy atom. The van der Waals surface area contributed by atoms with E-state index in [1.54, 1.807) is 5.38 Å². The zero-order valence-electron chi connectivity index (χ0n) is 10.2. The Morgan fingerprint density at radius 1 is 1.44 bits per heavy atom. The van der Waals surface area contributed by atoms with E-state index in [9.17, 15) is 0 Å². The zero-order chi connectivity index (χ0) is 12.6. The van der Waals surface area contributed by atoms with Crippen LogP contribution >= 0.6 is 11.5 Å². The van der Waals surface area contributed by atoms with Gasteiger partial charge >= 0.3 is 0 Å². The number of aromatic nitrogens is 4. The Balaban J connectivity index is 1.85. The standard InChI is InChI=1S/C11H15N5OS/c1-7-2-4-11(12,5-3-7)10-13-9(17-15-10)8-6-18-16-14-8/h6-7H,2-5,12H2,1H3. The predicted octanol–water partition coefficient (Wildman–Crippen LogP) is 1.95. The minimum atomic E-state index is -0.447. The summed E-state index contributed by atoms with van der Waals surface area (Å²) < 4.78 is 9.00. The van der Waals surface area contributed by atoms with Gasteiger partial charge in [0.15, 0.2) is 11.5 Å². The lowest BCUT2D eigenvalue weighted by molar-refractivity contribution is 0.230. The molecule has 1 aliphatic rings. The Kier molecular flexibility index (Phi) is 2.87. The summed E-state index contributed by atoms with van der Waals surface area (Å²) in [5.74, 6) is 1.73. The van der Waals surface area contributed by atoms with E-state index in [0.29, 0.717) is 17.4 Å². The highest BCUT2D eigenvalue weighted by molar-refractivity contribution is 7.03. The van der Waals surface area contributed by atoms with Crippen LogP contribution in [-0.2, 0) is 5.54 Å². The van der Waals surface area contributed by atoms with Gasteiger partial charge in [-0.25, -0.2) is 0 Å². The maximum absolute atomic E-state index is 6.39. The van der Waals surface area contributed by atoms with Crippen LogP contribution in [0.2, 0.25) is 0 Å². The van der Waals surface area contributed by atoms with Gasteiger partial charge in [-0.05, 0) is 43.1 Å². The lowest BCUT2D eigenvalue weighted by Crippen LogP contribution is -2.41. The fourth-order valence-corrected chi connectivity index (χ4v) is 2.72. The van der Waals surface area contributed by atoms with Crippen LogP contribution in [0.25, 0.3) is 11.6 Å². The first-order valence-electron chi connectivity index (χ1n) is 6.08. The van der Waals surface area contributed by atoms with Crippen molar-refractivity contribution in [2.75, 3.05) is 0 Å². The molecule has 2 aromatic rings. The topological polar surface area (TPSA) is 90.7 Å². The molecule has 2 aromatic heterocycles. The zero-order valence-corrected chi connectivity index (χ0v) is 11.0. The van der Waals surface area contributed by atoms with E-state index in [4.69, 9.17) is 10.3 Å². The minimum Gasteiger partial charge on any atom is -0.332 e. The monoisotopic (exact) mass is 265 g/mol. The van der Waals surface area contributed by atoms with Crippen molar-refractivity contribution in [3.05, 3.63) is 11.2 Å². The molecular weight excluding hydrogens is 250 g/mol. The van der Waals surface area contributed by atoms with Crippen LogP contribution in [0.3, 0.4) is 0 Å². The number of nitrogens with two attached hydrogens (primary N) is 1. The van der Waals surface area contributed by atoms with E-state index in [1.807, 2.05) is 0 Å². The second kappa shape index (κ2) is 4.40. The lowest BCUT2D eigenvalue weighted by atomic mass is 9.77. The summed E-state index contributed by atoms with van der Waals surface area (Å²) >= 11 is 1.26. The molecular formula is C11H15N5OS. The largest absolute Gasteiger partial charge is 0.332 e. The van der Waals surface area contributed by atoms with Crippen molar-refractivity contribution in [2.24, 2.45) is 11.7 Å². The van der Waals surface area contributed by atoms with Crippen LogP contribution in [0, 0.1) is 5.92 Å². The molecule has 96 valence electrons. The smallest absolute Gasteiger partial charge is 0.279 e. The first-order valence-corrected chi connectivity index (χ1v) is 6.91. The number of hydrogen-bond acceptors (Lipinski definition) is 7. The number of nitrogens with zero attached hydrogens (tertiary/aromatic N) is 4. The molecule has 18 heavy (non-hydrogen) atoms. The molecule has 0 aromatic carbocycles. The average molecular weight is 265 g/mol. The van der Waals surface area contributed by atoms with Crippen molar-refractivity contribution in [2.45, 2.75) is 38.1 Å². The van der Waals surface area contributed by atoms with Gasteiger partial charge < -0.3 is 10.3 Å². The maximum atomic E-state index is 6.39. The molecule has 2 heterocycles. The van der Waals surface area contributed by atoms with Crippen LogP contribution in [0.15, 0.2) is 9.90 Å². The molecule has 0 amide bonds. The van der Waals surface area contributed by atoms with Crippen LogP contribution in [0.1, 0.15) is 38.4 Å². The van der Waals surface area contributed by atoms with Crippen LogP contribution < -0.4 is 5.73 Å². The molecule has 0 atom stereocenters. The van der Waals surface area contributed by atoms with Crippen molar-refractivity contribution in [3.8, 4) is 11.6 Å². The molecule has 1 aliphatic carbocycles. The Hall–Kier alpha value is -1.34. The Morgan fingerprint density at radius 2 is 2.22 bits per heavy atom. The fourth-order valence-electron chi connectivity index (χ4n) is 2.29. The Labute approximate surface area is 109 Å². The normalized spacial score (nSPS) is 28.4. The van der Waals surface area contributed by atoms with Crippen molar-refractivity contribution in [1.82, 2.24) is 19.7 Å². The minimum absolute atomic E-state index is 0.405. The second-order valence-electron chi connectivity index (χ2n) is 5.05. The van der Waals surface area contributed by atoms with Crippen LogP contribution in [-0.4, -0.2) is 19.7 Å². The number of hydrogen-bond donors (Lipinski definition) is 1. The van der Waals surface area contributed by atoms with Gasteiger partial charge in [0.05, 0.1) is 5.54 Å². The van der Waals surface area contributed by atoms with Crippen LogP contribution in [0.5, 0.6) is 0 Å². The Bertz CT molecular complexity index is 515. The molecule has 0 radical (unpaired) electrons. The molecule has 0 saturated heterocycles. The van der Waals surface area contributed by atoms with E-state index >= 15 is 0 Å². The number of rotatable bonds is 2. The summed E-state index contributed by atoms with van der Waals surface area (Å²) in [6, 6.07) is 0. The summed E-state index contributed by atoms with van der Waals surface area (Å²) in [6.45, 7) is 2.25. The molecule has 0 bridgehead atoms. The van der Waals surface area contributed by atoms with Crippen molar-refractivity contribution >= 4 is 11.5 Å². The van der Waals surface area contributed by atoms with E-state index in [0.717, 1.165) is 31.6 Å².